The van der Waals surface area contributed by atoms with Crippen LogP contribution in [0.3, 0.4) is 0 Å². The molecule has 0 aromatic heterocycles. The fraction of sp³-hybridized carbons (Fsp3) is 0.176. The third kappa shape index (κ3) is 4.47. The molecule has 1 atom stereocenters. The van der Waals surface area contributed by atoms with Crippen LogP contribution in [0.2, 0.25) is 5.02 Å². The molecule has 0 fully saturated rings. The Hall–Kier alpha value is -2.53. The second-order valence-electron chi connectivity index (χ2n) is 4.78. The Morgan fingerprint density at radius 1 is 1.22 bits per heavy atom. The minimum Gasteiger partial charge on any atom is -0.497 e. The van der Waals surface area contributed by atoms with Gasteiger partial charge in [-0.05, 0) is 49.4 Å². The minimum absolute atomic E-state index is 0.315. The summed E-state index contributed by atoms with van der Waals surface area (Å²) in [6.45, 7) is 1.60. The van der Waals surface area contributed by atoms with Gasteiger partial charge in [-0.15, -0.1) is 0 Å². The number of halogens is 1. The van der Waals surface area contributed by atoms with Gasteiger partial charge in [0.25, 0.3) is 5.91 Å². The lowest BCUT2D eigenvalue weighted by Gasteiger charge is -2.16. The van der Waals surface area contributed by atoms with Crippen molar-refractivity contribution >= 4 is 29.5 Å². The van der Waals surface area contributed by atoms with Crippen LogP contribution in [-0.2, 0) is 4.79 Å². The highest BCUT2D eigenvalue weighted by molar-refractivity contribution is 6.30. The summed E-state index contributed by atoms with van der Waals surface area (Å²) < 4.78 is 10.6. The standard InChI is InChI=1S/C17H16ClNO4/c1-11(17(21)19-14-5-3-13(18)4-6-14)23-16-8-7-15(22-2)9-12(16)10-20/h3-11H,1-2H3,(H,19,21)/t11-/m0/s1. The number of carbonyl (C=O) groups is 2. The molecule has 0 heterocycles. The number of amides is 1. The van der Waals surface area contributed by atoms with Crippen molar-refractivity contribution in [1.29, 1.82) is 0 Å². The predicted molar refractivity (Wildman–Crippen MR) is 88.6 cm³/mol. The smallest absolute Gasteiger partial charge is 0.265 e. The number of rotatable bonds is 6. The molecule has 0 unspecified atom stereocenters. The molecule has 0 aliphatic heterocycles. The predicted octanol–water partition coefficient (Wildman–Crippen LogP) is 3.57. The molecule has 6 heteroatoms. The number of anilines is 1. The molecule has 0 aliphatic carbocycles. The van der Waals surface area contributed by atoms with Gasteiger partial charge in [0.15, 0.2) is 12.4 Å². The molecule has 2 rings (SSSR count). The topological polar surface area (TPSA) is 64.6 Å². The van der Waals surface area contributed by atoms with Crippen molar-refractivity contribution in [2.75, 3.05) is 12.4 Å². The molecule has 1 amide bonds. The summed E-state index contributed by atoms with van der Waals surface area (Å²) in [5, 5.41) is 3.30. The van der Waals surface area contributed by atoms with E-state index in [4.69, 9.17) is 21.1 Å². The van der Waals surface area contributed by atoms with E-state index >= 15 is 0 Å². The van der Waals surface area contributed by atoms with Crippen molar-refractivity contribution in [2.45, 2.75) is 13.0 Å². The average Bonchev–Trinajstić information content (AvgIpc) is 2.57. The van der Waals surface area contributed by atoms with Crippen LogP contribution in [0.25, 0.3) is 0 Å². The maximum Gasteiger partial charge on any atom is 0.265 e. The zero-order valence-electron chi connectivity index (χ0n) is 12.7. The monoisotopic (exact) mass is 333 g/mol. The first-order valence-electron chi connectivity index (χ1n) is 6.90. The molecule has 2 aromatic carbocycles. The Labute approximate surface area is 139 Å². The zero-order valence-corrected chi connectivity index (χ0v) is 13.5. The highest BCUT2D eigenvalue weighted by atomic mass is 35.5. The molecular formula is C17H16ClNO4. The fourth-order valence-corrected chi connectivity index (χ4v) is 2.00. The van der Waals surface area contributed by atoms with E-state index in [1.165, 1.54) is 7.11 Å². The maximum absolute atomic E-state index is 12.1. The van der Waals surface area contributed by atoms with E-state index in [2.05, 4.69) is 5.32 Å². The molecule has 2 aromatic rings. The van der Waals surface area contributed by atoms with Gasteiger partial charge in [0.1, 0.15) is 11.5 Å². The molecule has 23 heavy (non-hydrogen) atoms. The van der Waals surface area contributed by atoms with E-state index in [0.717, 1.165) is 0 Å². The number of benzene rings is 2. The molecule has 0 bridgehead atoms. The summed E-state index contributed by atoms with van der Waals surface area (Å²) in [6.07, 6.45) is -0.125. The average molecular weight is 334 g/mol. The van der Waals surface area contributed by atoms with E-state index < -0.39 is 6.10 Å². The second kappa shape index (κ2) is 7.65. The number of nitrogens with one attached hydrogen (secondary N) is 1. The fourth-order valence-electron chi connectivity index (χ4n) is 1.87. The largest absolute Gasteiger partial charge is 0.497 e. The normalized spacial score (nSPS) is 11.4. The Kier molecular flexibility index (Phi) is 5.60. The molecule has 0 radical (unpaired) electrons. The van der Waals surface area contributed by atoms with E-state index in [1.54, 1.807) is 49.4 Å². The summed E-state index contributed by atoms with van der Waals surface area (Å²) in [4.78, 5) is 23.3. The van der Waals surface area contributed by atoms with Gasteiger partial charge < -0.3 is 14.8 Å². The van der Waals surface area contributed by atoms with Crippen molar-refractivity contribution in [3.8, 4) is 11.5 Å². The van der Waals surface area contributed by atoms with Crippen LogP contribution in [0.4, 0.5) is 5.69 Å². The van der Waals surface area contributed by atoms with Crippen molar-refractivity contribution < 1.29 is 19.1 Å². The minimum atomic E-state index is -0.780. The van der Waals surface area contributed by atoms with Crippen LogP contribution < -0.4 is 14.8 Å². The summed E-state index contributed by atoms with van der Waals surface area (Å²) in [6, 6.07) is 11.5. The highest BCUT2D eigenvalue weighted by Crippen LogP contribution is 2.24. The van der Waals surface area contributed by atoms with Crippen molar-refractivity contribution in [2.24, 2.45) is 0 Å². The van der Waals surface area contributed by atoms with Gasteiger partial charge in [-0.25, -0.2) is 0 Å². The lowest BCUT2D eigenvalue weighted by atomic mass is 10.2. The maximum atomic E-state index is 12.1. The van der Waals surface area contributed by atoms with Crippen LogP contribution in [-0.4, -0.2) is 25.4 Å². The van der Waals surface area contributed by atoms with Crippen LogP contribution in [0.15, 0.2) is 42.5 Å². The lowest BCUT2D eigenvalue weighted by molar-refractivity contribution is -0.122. The first-order valence-corrected chi connectivity index (χ1v) is 7.27. The van der Waals surface area contributed by atoms with Crippen LogP contribution in [0.5, 0.6) is 11.5 Å². The Bertz CT molecular complexity index is 700. The number of methoxy groups -OCH3 is 1. The molecule has 5 nitrogen and oxygen atoms in total. The number of aldehydes is 1. The van der Waals surface area contributed by atoms with Crippen molar-refractivity contribution in [3.63, 3.8) is 0 Å². The van der Waals surface area contributed by atoms with Gasteiger partial charge in [-0.2, -0.15) is 0 Å². The molecule has 0 saturated carbocycles. The summed E-state index contributed by atoms with van der Waals surface area (Å²) in [5.41, 5.74) is 0.927. The Morgan fingerprint density at radius 3 is 2.52 bits per heavy atom. The van der Waals surface area contributed by atoms with Gasteiger partial charge in [-0.3, -0.25) is 9.59 Å². The summed E-state index contributed by atoms with van der Waals surface area (Å²) >= 11 is 5.80. The van der Waals surface area contributed by atoms with Gasteiger partial charge in [-0.1, -0.05) is 11.6 Å². The molecule has 0 aliphatic rings. The second-order valence-corrected chi connectivity index (χ2v) is 5.21. The molecule has 120 valence electrons. The first-order chi connectivity index (χ1) is 11.0. The third-order valence-corrected chi connectivity index (χ3v) is 3.38. The third-order valence-electron chi connectivity index (χ3n) is 3.13. The summed E-state index contributed by atoms with van der Waals surface area (Å²) in [7, 11) is 1.51. The summed E-state index contributed by atoms with van der Waals surface area (Å²) in [5.74, 6) is 0.525. The zero-order chi connectivity index (χ0) is 16.8. The van der Waals surface area contributed by atoms with E-state index in [-0.39, 0.29) is 5.91 Å². The van der Waals surface area contributed by atoms with Gasteiger partial charge in [0.2, 0.25) is 0 Å². The molecular weight excluding hydrogens is 318 g/mol. The molecule has 1 N–H and O–H groups in total. The van der Waals surface area contributed by atoms with E-state index in [1.807, 2.05) is 0 Å². The number of hydrogen-bond acceptors (Lipinski definition) is 4. The number of carbonyl (C=O) groups excluding carboxylic acids is 2. The van der Waals surface area contributed by atoms with Crippen molar-refractivity contribution in [1.82, 2.24) is 0 Å². The van der Waals surface area contributed by atoms with Crippen LogP contribution in [0, 0.1) is 0 Å². The Balaban J connectivity index is 2.06. The van der Waals surface area contributed by atoms with Crippen LogP contribution in [0.1, 0.15) is 17.3 Å². The molecule has 0 saturated heterocycles. The SMILES string of the molecule is COc1ccc(O[C@@H](C)C(=O)Nc2ccc(Cl)cc2)c(C=O)c1. The number of hydrogen-bond donors (Lipinski definition) is 1. The van der Waals surface area contributed by atoms with Crippen LogP contribution >= 0.6 is 11.6 Å². The highest BCUT2D eigenvalue weighted by Gasteiger charge is 2.17. The Morgan fingerprint density at radius 2 is 1.91 bits per heavy atom. The number of ether oxygens (including phenoxy) is 2. The van der Waals surface area contributed by atoms with E-state index in [0.29, 0.717) is 34.1 Å². The van der Waals surface area contributed by atoms with Gasteiger partial charge in [0.05, 0.1) is 12.7 Å². The van der Waals surface area contributed by atoms with Crippen molar-refractivity contribution in [3.05, 3.63) is 53.1 Å². The first kappa shape index (κ1) is 16.8. The molecule has 0 spiro atoms. The van der Waals surface area contributed by atoms with Gasteiger partial charge >= 0.3 is 0 Å². The lowest BCUT2D eigenvalue weighted by Crippen LogP contribution is -2.30. The quantitative estimate of drug-likeness (QED) is 0.821. The van der Waals surface area contributed by atoms with E-state index in [9.17, 15) is 9.59 Å². The van der Waals surface area contributed by atoms with Gasteiger partial charge in [0, 0.05) is 10.7 Å².